The quantitative estimate of drug-likeness (QED) is 0.847. The summed E-state index contributed by atoms with van der Waals surface area (Å²) in [6, 6.07) is 7.43. The van der Waals surface area contributed by atoms with E-state index in [4.69, 9.17) is 9.84 Å². The normalized spacial score (nSPS) is 10.1. The average molecular weight is 216 g/mol. The number of rotatable bonds is 3. The van der Waals surface area contributed by atoms with E-state index >= 15 is 0 Å². The zero-order valence-corrected chi connectivity index (χ0v) is 8.92. The fourth-order valence-electron chi connectivity index (χ4n) is 1.46. The molecule has 0 aromatic carbocycles. The van der Waals surface area contributed by atoms with Gasteiger partial charge in [0.25, 0.3) is 0 Å². The minimum Gasteiger partial charge on any atom is -0.481 e. The highest BCUT2D eigenvalue weighted by Gasteiger charge is 2.07. The van der Waals surface area contributed by atoms with E-state index in [-0.39, 0.29) is 6.61 Å². The van der Waals surface area contributed by atoms with Gasteiger partial charge in [-0.15, -0.1) is 0 Å². The summed E-state index contributed by atoms with van der Waals surface area (Å²) in [6.07, 6.45) is 3.46. The second-order valence-electron chi connectivity index (χ2n) is 3.26. The molecule has 0 saturated carbocycles. The number of aliphatic hydroxyl groups excluding tert-OH is 1. The molecular formula is C12H12N2O2. The van der Waals surface area contributed by atoms with Crippen LogP contribution in [0.1, 0.15) is 5.69 Å². The first-order valence-electron chi connectivity index (χ1n) is 4.90. The van der Waals surface area contributed by atoms with Crippen LogP contribution >= 0.6 is 0 Å². The van der Waals surface area contributed by atoms with Crippen LogP contribution in [0.25, 0.3) is 11.1 Å². The number of aromatic nitrogens is 2. The largest absolute Gasteiger partial charge is 0.481 e. The van der Waals surface area contributed by atoms with Crippen molar-refractivity contribution < 1.29 is 9.84 Å². The van der Waals surface area contributed by atoms with Gasteiger partial charge in [0.05, 0.1) is 19.4 Å². The van der Waals surface area contributed by atoms with E-state index in [9.17, 15) is 0 Å². The van der Waals surface area contributed by atoms with Crippen molar-refractivity contribution in [2.45, 2.75) is 6.61 Å². The van der Waals surface area contributed by atoms with Crippen molar-refractivity contribution >= 4 is 0 Å². The van der Waals surface area contributed by atoms with Crippen molar-refractivity contribution in [3.63, 3.8) is 0 Å². The first kappa shape index (κ1) is 10.6. The lowest BCUT2D eigenvalue weighted by Crippen LogP contribution is -1.96. The number of hydrogen-bond acceptors (Lipinski definition) is 4. The Balaban J connectivity index is 2.49. The highest BCUT2D eigenvalue weighted by atomic mass is 16.5. The average Bonchev–Trinajstić information content (AvgIpc) is 2.39. The maximum Gasteiger partial charge on any atom is 0.221 e. The molecule has 0 aliphatic carbocycles. The topological polar surface area (TPSA) is 55.2 Å². The van der Waals surface area contributed by atoms with Crippen molar-refractivity contribution in [2.24, 2.45) is 0 Å². The molecule has 16 heavy (non-hydrogen) atoms. The number of ether oxygens (including phenoxy) is 1. The second-order valence-corrected chi connectivity index (χ2v) is 3.26. The molecule has 2 aromatic heterocycles. The van der Waals surface area contributed by atoms with Gasteiger partial charge in [-0.25, -0.2) is 4.98 Å². The SMILES string of the molecule is COc1nc(CO)ccc1-c1cccnc1. The van der Waals surface area contributed by atoms with Gasteiger partial charge < -0.3 is 9.84 Å². The third-order valence-electron chi connectivity index (χ3n) is 2.25. The Kier molecular flexibility index (Phi) is 3.12. The standard InChI is InChI=1S/C12H12N2O2/c1-16-12-11(5-4-10(8-15)14-12)9-3-2-6-13-7-9/h2-7,15H,8H2,1H3. The minimum atomic E-state index is -0.0936. The molecular weight excluding hydrogens is 204 g/mol. The fourth-order valence-corrected chi connectivity index (χ4v) is 1.46. The zero-order chi connectivity index (χ0) is 11.4. The molecule has 4 heteroatoms. The molecule has 1 N–H and O–H groups in total. The molecule has 2 aromatic rings. The van der Waals surface area contributed by atoms with Crippen molar-refractivity contribution in [2.75, 3.05) is 7.11 Å². The number of pyridine rings is 2. The highest BCUT2D eigenvalue weighted by molar-refractivity contribution is 5.67. The molecule has 0 unspecified atom stereocenters. The van der Waals surface area contributed by atoms with Crippen LogP contribution in [0.3, 0.4) is 0 Å². The van der Waals surface area contributed by atoms with Gasteiger partial charge in [-0.2, -0.15) is 0 Å². The Morgan fingerprint density at radius 1 is 1.31 bits per heavy atom. The Bertz CT molecular complexity index is 472. The van der Waals surface area contributed by atoms with E-state index in [1.54, 1.807) is 25.6 Å². The maximum atomic E-state index is 8.99. The summed E-state index contributed by atoms with van der Waals surface area (Å²) in [5.41, 5.74) is 2.40. The summed E-state index contributed by atoms with van der Waals surface area (Å²) in [5.74, 6) is 0.500. The van der Waals surface area contributed by atoms with Gasteiger partial charge in [0.1, 0.15) is 0 Å². The predicted octanol–water partition coefficient (Wildman–Crippen LogP) is 1.64. The molecule has 0 amide bonds. The van der Waals surface area contributed by atoms with Crippen molar-refractivity contribution in [1.82, 2.24) is 9.97 Å². The first-order valence-corrected chi connectivity index (χ1v) is 4.90. The number of nitrogens with zero attached hydrogens (tertiary/aromatic N) is 2. The molecule has 0 radical (unpaired) electrons. The molecule has 0 spiro atoms. The summed E-state index contributed by atoms with van der Waals surface area (Å²) in [5, 5.41) is 8.99. The van der Waals surface area contributed by atoms with Crippen LogP contribution < -0.4 is 4.74 Å². The van der Waals surface area contributed by atoms with Crippen LogP contribution in [-0.2, 0) is 6.61 Å². The third kappa shape index (κ3) is 2.01. The number of hydrogen-bond donors (Lipinski definition) is 1. The molecule has 0 aliphatic rings. The van der Waals surface area contributed by atoms with Gasteiger partial charge in [-0.1, -0.05) is 6.07 Å². The molecule has 0 bridgehead atoms. The van der Waals surface area contributed by atoms with Gasteiger partial charge in [-0.05, 0) is 18.2 Å². The Morgan fingerprint density at radius 2 is 2.19 bits per heavy atom. The predicted molar refractivity (Wildman–Crippen MR) is 59.9 cm³/mol. The van der Waals surface area contributed by atoms with E-state index < -0.39 is 0 Å². The van der Waals surface area contributed by atoms with Gasteiger partial charge in [0, 0.05) is 23.5 Å². The monoisotopic (exact) mass is 216 g/mol. The van der Waals surface area contributed by atoms with E-state index in [1.165, 1.54) is 0 Å². The lowest BCUT2D eigenvalue weighted by atomic mass is 10.1. The van der Waals surface area contributed by atoms with Crippen LogP contribution in [0.2, 0.25) is 0 Å². The van der Waals surface area contributed by atoms with Crippen LogP contribution in [0.4, 0.5) is 0 Å². The lowest BCUT2D eigenvalue weighted by molar-refractivity contribution is 0.274. The Hall–Kier alpha value is -1.94. The van der Waals surface area contributed by atoms with Crippen LogP contribution in [-0.4, -0.2) is 22.2 Å². The number of aliphatic hydroxyl groups is 1. The van der Waals surface area contributed by atoms with Crippen molar-refractivity contribution in [3.05, 3.63) is 42.4 Å². The van der Waals surface area contributed by atoms with E-state index in [0.29, 0.717) is 11.6 Å². The summed E-state index contributed by atoms with van der Waals surface area (Å²) in [6.45, 7) is -0.0936. The van der Waals surface area contributed by atoms with Gasteiger partial charge in [0.2, 0.25) is 5.88 Å². The second kappa shape index (κ2) is 4.72. The van der Waals surface area contributed by atoms with Crippen LogP contribution in [0, 0.1) is 0 Å². The summed E-state index contributed by atoms with van der Waals surface area (Å²) in [7, 11) is 1.56. The molecule has 4 nitrogen and oxygen atoms in total. The van der Waals surface area contributed by atoms with Gasteiger partial charge in [0.15, 0.2) is 0 Å². The fraction of sp³-hybridized carbons (Fsp3) is 0.167. The number of methoxy groups -OCH3 is 1. The zero-order valence-electron chi connectivity index (χ0n) is 8.92. The third-order valence-corrected chi connectivity index (χ3v) is 2.25. The molecule has 2 rings (SSSR count). The van der Waals surface area contributed by atoms with Crippen LogP contribution in [0.15, 0.2) is 36.7 Å². The summed E-state index contributed by atoms with van der Waals surface area (Å²) in [4.78, 5) is 8.23. The molecule has 0 atom stereocenters. The summed E-state index contributed by atoms with van der Waals surface area (Å²) < 4.78 is 5.19. The maximum absolute atomic E-state index is 8.99. The van der Waals surface area contributed by atoms with Crippen molar-refractivity contribution in [1.29, 1.82) is 0 Å². The van der Waals surface area contributed by atoms with Gasteiger partial charge >= 0.3 is 0 Å². The molecule has 0 aliphatic heterocycles. The lowest BCUT2D eigenvalue weighted by Gasteiger charge is -2.08. The molecule has 0 fully saturated rings. The minimum absolute atomic E-state index is 0.0936. The Labute approximate surface area is 93.6 Å². The molecule has 0 saturated heterocycles. The highest BCUT2D eigenvalue weighted by Crippen LogP contribution is 2.27. The summed E-state index contributed by atoms with van der Waals surface area (Å²) >= 11 is 0. The van der Waals surface area contributed by atoms with E-state index in [1.807, 2.05) is 18.2 Å². The molecule has 82 valence electrons. The smallest absolute Gasteiger partial charge is 0.221 e. The van der Waals surface area contributed by atoms with E-state index in [2.05, 4.69) is 9.97 Å². The van der Waals surface area contributed by atoms with Crippen LogP contribution in [0.5, 0.6) is 5.88 Å². The Morgan fingerprint density at radius 3 is 2.81 bits per heavy atom. The van der Waals surface area contributed by atoms with Gasteiger partial charge in [-0.3, -0.25) is 4.98 Å². The molecule has 2 heterocycles. The van der Waals surface area contributed by atoms with Crippen molar-refractivity contribution in [3.8, 4) is 17.0 Å². The van der Waals surface area contributed by atoms with E-state index in [0.717, 1.165) is 11.1 Å². The first-order chi connectivity index (χ1) is 7.85.